The van der Waals surface area contributed by atoms with Gasteiger partial charge in [0.15, 0.2) is 0 Å². The first-order valence-electron chi connectivity index (χ1n) is 7.41. The highest BCUT2D eigenvalue weighted by Gasteiger charge is 2.28. The number of carbonyl (C=O) groups is 1. The molecule has 5 heteroatoms. The SMILES string of the molecule is CC(CS(C)(=O)=O)C(=O)N(CC1CCC1)c1ccccc1. The summed E-state index contributed by atoms with van der Waals surface area (Å²) in [5, 5.41) is 0. The number of para-hydroxylation sites is 1. The first-order chi connectivity index (χ1) is 9.87. The maximum Gasteiger partial charge on any atom is 0.230 e. The lowest BCUT2D eigenvalue weighted by Gasteiger charge is -2.33. The zero-order chi connectivity index (χ0) is 15.5. The van der Waals surface area contributed by atoms with Gasteiger partial charge in [-0.2, -0.15) is 0 Å². The molecule has 0 aliphatic heterocycles. The largest absolute Gasteiger partial charge is 0.312 e. The fourth-order valence-corrected chi connectivity index (χ4v) is 3.71. The third-order valence-corrected chi connectivity index (χ3v) is 5.08. The van der Waals surface area contributed by atoms with Crippen molar-refractivity contribution in [3.05, 3.63) is 30.3 Å². The molecule has 0 bridgehead atoms. The van der Waals surface area contributed by atoms with E-state index in [0.29, 0.717) is 12.5 Å². The van der Waals surface area contributed by atoms with Gasteiger partial charge in [0.1, 0.15) is 9.84 Å². The molecule has 1 atom stereocenters. The zero-order valence-electron chi connectivity index (χ0n) is 12.7. The van der Waals surface area contributed by atoms with Crippen LogP contribution in [0, 0.1) is 11.8 Å². The Morgan fingerprint density at radius 3 is 2.38 bits per heavy atom. The minimum Gasteiger partial charge on any atom is -0.312 e. The van der Waals surface area contributed by atoms with Crippen molar-refractivity contribution in [2.75, 3.05) is 23.5 Å². The van der Waals surface area contributed by atoms with Crippen LogP contribution in [-0.2, 0) is 14.6 Å². The molecule has 1 saturated carbocycles. The number of amides is 1. The Bertz CT molecular complexity index is 579. The molecule has 0 aromatic heterocycles. The van der Waals surface area contributed by atoms with E-state index in [4.69, 9.17) is 0 Å². The van der Waals surface area contributed by atoms with Gasteiger partial charge in [-0.25, -0.2) is 8.42 Å². The minimum absolute atomic E-state index is 0.0974. The normalized spacial score (nSPS) is 17.0. The number of rotatable bonds is 6. The summed E-state index contributed by atoms with van der Waals surface area (Å²) in [6.45, 7) is 2.39. The molecule has 1 amide bonds. The number of sulfone groups is 1. The van der Waals surface area contributed by atoms with E-state index in [-0.39, 0.29) is 11.7 Å². The maximum atomic E-state index is 12.7. The van der Waals surface area contributed by atoms with E-state index in [1.54, 1.807) is 11.8 Å². The average molecular weight is 309 g/mol. The predicted molar refractivity (Wildman–Crippen MR) is 85.0 cm³/mol. The molecule has 116 valence electrons. The van der Waals surface area contributed by atoms with Gasteiger partial charge in [-0.15, -0.1) is 0 Å². The molecule has 1 aromatic carbocycles. The van der Waals surface area contributed by atoms with Crippen molar-refractivity contribution < 1.29 is 13.2 Å². The summed E-state index contributed by atoms with van der Waals surface area (Å²) in [7, 11) is -3.15. The second-order valence-electron chi connectivity index (χ2n) is 6.07. The van der Waals surface area contributed by atoms with Crippen LogP contribution >= 0.6 is 0 Å². The highest BCUT2D eigenvalue weighted by molar-refractivity contribution is 7.90. The Morgan fingerprint density at radius 2 is 1.90 bits per heavy atom. The minimum atomic E-state index is -3.15. The Hall–Kier alpha value is -1.36. The van der Waals surface area contributed by atoms with E-state index in [9.17, 15) is 13.2 Å². The van der Waals surface area contributed by atoms with E-state index < -0.39 is 15.8 Å². The number of anilines is 1. The highest BCUT2D eigenvalue weighted by Crippen LogP contribution is 2.29. The van der Waals surface area contributed by atoms with E-state index >= 15 is 0 Å². The molecule has 1 unspecified atom stereocenters. The van der Waals surface area contributed by atoms with Crippen molar-refractivity contribution in [2.45, 2.75) is 26.2 Å². The quantitative estimate of drug-likeness (QED) is 0.811. The average Bonchev–Trinajstić information content (AvgIpc) is 2.36. The molecule has 1 fully saturated rings. The van der Waals surface area contributed by atoms with Crippen molar-refractivity contribution in [2.24, 2.45) is 11.8 Å². The molecule has 0 radical (unpaired) electrons. The molecule has 0 saturated heterocycles. The molecular formula is C16H23NO3S. The number of carbonyl (C=O) groups excluding carboxylic acids is 1. The third kappa shape index (κ3) is 4.56. The molecular weight excluding hydrogens is 286 g/mol. The van der Waals surface area contributed by atoms with Crippen LogP contribution in [0.4, 0.5) is 5.69 Å². The lowest BCUT2D eigenvalue weighted by atomic mass is 9.85. The van der Waals surface area contributed by atoms with E-state index in [0.717, 1.165) is 18.5 Å². The summed E-state index contributed by atoms with van der Waals surface area (Å²) in [6, 6.07) is 9.53. The summed E-state index contributed by atoms with van der Waals surface area (Å²) in [5.41, 5.74) is 0.856. The summed E-state index contributed by atoms with van der Waals surface area (Å²) >= 11 is 0. The Balaban J connectivity index is 2.15. The first kappa shape index (κ1) is 16.0. The van der Waals surface area contributed by atoms with Gasteiger partial charge >= 0.3 is 0 Å². The molecule has 0 heterocycles. The smallest absolute Gasteiger partial charge is 0.230 e. The number of hydrogen-bond acceptors (Lipinski definition) is 3. The maximum absolute atomic E-state index is 12.7. The summed E-state index contributed by atoms with van der Waals surface area (Å²) in [5.74, 6) is -0.168. The van der Waals surface area contributed by atoms with Crippen LogP contribution < -0.4 is 4.90 Å². The zero-order valence-corrected chi connectivity index (χ0v) is 13.5. The second-order valence-corrected chi connectivity index (χ2v) is 8.26. The monoisotopic (exact) mass is 309 g/mol. The topological polar surface area (TPSA) is 54.5 Å². The van der Waals surface area contributed by atoms with Crippen LogP contribution in [0.2, 0.25) is 0 Å². The summed E-state index contributed by atoms with van der Waals surface area (Å²) < 4.78 is 22.8. The van der Waals surface area contributed by atoms with Crippen LogP contribution in [0.5, 0.6) is 0 Å². The van der Waals surface area contributed by atoms with Crippen LogP contribution in [-0.4, -0.2) is 32.9 Å². The second kappa shape index (κ2) is 6.60. The molecule has 0 spiro atoms. The fourth-order valence-electron chi connectivity index (χ4n) is 2.66. The molecule has 2 rings (SSSR count). The molecule has 0 N–H and O–H groups in total. The van der Waals surface area contributed by atoms with Gasteiger partial charge in [0, 0.05) is 24.4 Å². The molecule has 1 aliphatic carbocycles. The molecule has 1 aromatic rings. The van der Waals surface area contributed by atoms with Crippen LogP contribution in [0.15, 0.2) is 30.3 Å². The van der Waals surface area contributed by atoms with Crippen molar-refractivity contribution in [1.82, 2.24) is 0 Å². The van der Waals surface area contributed by atoms with Gasteiger partial charge in [-0.1, -0.05) is 31.5 Å². The van der Waals surface area contributed by atoms with Crippen LogP contribution in [0.25, 0.3) is 0 Å². The van der Waals surface area contributed by atoms with Crippen molar-refractivity contribution in [3.8, 4) is 0 Å². The predicted octanol–water partition coefficient (Wildman–Crippen LogP) is 2.50. The lowest BCUT2D eigenvalue weighted by Crippen LogP contribution is -2.42. The number of hydrogen-bond donors (Lipinski definition) is 0. The van der Waals surface area contributed by atoms with Gasteiger partial charge in [0.2, 0.25) is 5.91 Å². The molecule has 21 heavy (non-hydrogen) atoms. The van der Waals surface area contributed by atoms with Gasteiger partial charge in [0.25, 0.3) is 0 Å². The molecule has 4 nitrogen and oxygen atoms in total. The third-order valence-electron chi connectivity index (χ3n) is 3.97. The number of benzene rings is 1. The summed E-state index contributed by atoms with van der Waals surface area (Å²) in [4.78, 5) is 14.4. The van der Waals surface area contributed by atoms with E-state index in [1.807, 2.05) is 30.3 Å². The van der Waals surface area contributed by atoms with Gasteiger partial charge < -0.3 is 4.90 Å². The van der Waals surface area contributed by atoms with E-state index in [2.05, 4.69) is 0 Å². The van der Waals surface area contributed by atoms with Crippen LogP contribution in [0.3, 0.4) is 0 Å². The van der Waals surface area contributed by atoms with Crippen molar-refractivity contribution in [3.63, 3.8) is 0 Å². The fraction of sp³-hybridized carbons (Fsp3) is 0.562. The van der Waals surface area contributed by atoms with Gasteiger partial charge in [0.05, 0.1) is 5.75 Å². The van der Waals surface area contributed by atoms with Gasteiger partial charge in [-0.3, -0.25) is 4.79 Å². The highest BCUT2D eigenvalue weighted by atomic mass is 32.2. The Kier molecular flexibility index (Phi) is 5.04. The first-order valence-corrected chi connectivity index (χ1v) is 9.47. The van der Waals surface area contributed by atoms with Crippen LogP contribution in [0.1, 0.15) is 26.2 Å². The van der Waals surface area contributed by atoms with E-state index in [1.165, 1.54) is 12.7 Å². The standard InChI is InChI=1S/C16H23NO3S/c1-13(12-21(2,19)20)16(18)17(11-14-7-6-8-14)15-9-4-3-5-10-15/h3-5,9-10,13-14H,6-8,11-12H2,1-2H3. The Morgan fingerprint density at radius 1 is 1.29 bits per heavy atom. The van der Waals surface area contributed by atoms with Crippen molar-refractivity contribution >= 4 is 21.4 Å². The number of nitrogens with zero attached hydrogens (tertiary/aromatic N) is 1. The van der Waals surface area contributed by atoms with Gasteiger partial charge in [-0.05, 0) is 30.9 Å². The van der Waals surface area contributed by atoms with Crippen molar-refractivity contribution in [1.29, 1.82) is 0 Å². The lowest BCUT2D eigenvalue weighted by molar-refractivity contribution is -0.121. The Labute approximate surface area is 127 Å². The summed E-state index contributed by atoms with van der Waals surface area (Å²) in [6.07, 6.45) is 4.70. The molecule has 1 aliphatic rings.